The third kappa shape index (κ3) is 48.0. The van der Waals surface area contributed by atoms with Crippen molar-refractivity contribution >= 4 is 17.9 Å². The van der Waals surface area contributed by atoms with E-state index < -0.39 is 6.10 Å². The van der Waals surface area contributed by atoms with Crippen LogP contribution in [0.4, 0.5) is 0 Å². The lowest BCUT2D eigenvalue weighted by Gasteiger charge is -2.18. The van der Waals surface area contributed by atoms with Crippen LogP contribution in [0.1, 0.15) is 252 Å². The van der Waals surface area contributed by atoms with Crippen LogP contribution in [-0.4, -0.2) is 37.2 Å². The standard InChI is InChI=1S/C55H96O6/c1-4-7-10-13-16-19-22-25-26-27-28-29-30-31-34-36-39-42-45-48-54(57)60-51-52(61-55(58)49-46-43-40-37-33-24-21-18-15-12-9-6-3)50-59-53(56)47-44-41-38-35-32-23-20-17-14-11-8-5-2/h16-21,25-26,28-29,52H,4-15,22-24,27,30-51H2,1-3H3/b19-16-,20-17-,21-18-,26-25-,29-28-. The maximum Gasteiger partial charge on any atom is 0.306 e. The van der Waals surface area contributed by atoms with Gasteiger partial charge in [0.2, 0.25) is 0 Å². The molecule has 0 aromatic heterocycles. The molecular formula is C55H96O6. The second kappa shape index (κ2) is 49.8. The fourth-order valence-electron chi connectivity index (χ4n) is 7.03. The molecule has 0 rings (SSSR count). The highest BCUT2D eigenvalue weighted by molar-refractivity contribution is 5.71. The second-order valence-corrected chi connectivity index (χ2v) is 17.1. The highest BCUT2D eigenvalue weighted by Gasteiger charge is 2.19. The minimum absolute atomic E-state index is 0.0862. The smallest absolute Gasteiger partial charge is 0.306 e. The van der Waals surface area contributed by atoms with Crippen molar-refractivity contribution in [1.82, 2.24) is 0 Å². The van der Waals surface area contributed by atoms with Gasteiger partial charge in [-0.25, -0.2) is 0 Å². The molecule has 352 valence electrons. The van der Waals surface area contributed by atoms with E-state index in [2.05, 4.69) is 81.5 Å². The first-order chi connectivity index (χ1) is 30.0. The minimum Gasteiger partial charge on any atom is -0.462 e. The van der Waals surface area contributed by atoms with Crippen LogP contribution in [0.25, 0.3) is 0 Å². The van der Waals surface area contributed by atoms with Crippen LogP contribution >= 0.6 is 0 Å². The molecule has 0 aromatic carbocycles. The van der Waals surface area contributed by atoms with Crippen LogP contribution in [0.15, 0.2) is 60.8 Å². The average Bonchev–Trinajstić information content (AvgIpc) is 3.26. The molecule has 0 fully saturated rings. The molecule has 1 atom stereocenters. The Morgan fingerprint density at radius 3 is 0.934 bits per heavy atom. The van der Waals surface area contributed by atoms with E-state index in [9.17, 15) is 14.4 Å². The van der Waals surface area contributed by atoms with Gasteiger partial charge in [-0.05, 0) is 109 Å². The fraction of sp³-hybridized carbons (Fsp3) is 0.764. The van der Waals surface area contributed by atoms with E-state index >= 15 is 0 Å². The molecule has 0 aliphatic rings. The van der Waals surface area contributed by atoms with Gasteiger partial charge in [0.1, 0.15) is 13.2 Å². The Morgan fingerprint density at radius 2 is 0.590 bits per heavy atom. The summed E-state index contributed by atoms with van der Waals surface area (Å²) in [7, 11) is 0. The molecule has 6 heteroatoms. The SMILES string of the molecule is CCCCC/C=C\C/C=C\C/C=C\CCCCCCCCC(=O)OCC(COC(=O)CCCCCCC/C=C\CCCCC)OC(=O)CCCCCCC/C=C\CCCCC. The van der Waals surface area contributed by atoms with Gasteiger partial charge in [0.25, 0.3) is 0 Å². The van der Waals surface area contributed by atoms with Crippen molar-refractivity contribution in [3.05, 3.63) is 60.8 Å². The molecule has 0 bridgehead atoms. The summed E-state index contributed by atoms with van der Waals surface area (Å²) in [5.74, 6) is -0.914. The Bertz CT molecular complexity index is 1120. The van der Waals surface area contributed by atoms with Gasteiger partial charge >= 0.3 is 17.9 Å². The molecule has 0 aliphatic heterocycles. The van der Waals surface area contributed by atoms with Gasteiger partial charge in [0.15, 0.2) is 6.10 Å². The summed E-state index contributed by atoms with van der Waals surface area (Å²) in [5, 5.41) is 0. The highest BCUT2D eigenvalue weighted by Crippen LogP contribution is 2.14. The molecule has 0 heterocycles. The Kier molecular flexibility index (Phi) is 47.4. The molecule has 0 saturated heterocycles. The van der Waals surface area contributed by atoms with E-state index in [0.29, 0.717) is 19.3 Å². The predicted octanol–water partition coefficient (Wildman–Crippen LogP) is 16.9. The number of unbranched alkanes of at least 4 members (excludes halogenated alkanes) is 25. The third-order valence-corrected chi connectivity index (χ3v) is 11.0. The molecular weight excluding hydrogens is 757 g/mol. The first kappa shape index (κ1) is 58.1. The van der Waals surface area contributed by atoms with Crippen LogP contribution in [0, 0.1) is 0 Å². The van der Waals surface area contributed by atoms with E-state index in [-0.39, 0.29) is 31.1 Å². The first-order valence-electron chi connectivity index (χ1n) is 25.8. The Balaban J connectivity index is 4.38. The van der Waals surface area contributed by atoms with Gasteiger partial charge in [-0.1, -0.05) is 184 Å². The van der Waals surface area contributed by atoms with E-state index in [0.717, 1.165) is 96.3 Å². The molecule has 6 nitrogen and oxygen atoms in total. The second-order valence-electron chi connectivity index (χ2n) is 17.1. The number of rotatable bonds is 46. The van der Waals surface area contributed by atoms with Gasteiger partial charge in [0, 0.05) is 19.3 Å². The number of carbonyl (C=O) groups excluding carboxylic acids is 3. The van der Waals surface area contributed by atoms with Crippen molar-refractivity contribution in [3.63, 3.8) is 0 Å². The summed E-state index contributed by atoms with van der Waals surface area (Å²) in [6.45, 7) is 6.54. The lowest BCUT2D eigenvalue weighted by Crippen LogP contribution is -2.30. The summed E-state index contributed by atoms with van der Waals surface area (Å²) in [6.07, 6.45) is 60.5. The van der Waals surface area contributed by atoms with Crippen LogP contribution in [0.2, 0.25) is 0 Å². The lowest BCUT2D eigenvalue weighted by molar-refractivity contribution is -0.167. The van der Waals surface area contributed by atoms with Gasteiger partial charge < -0.3 is 14.2 Å². The molecule has 1 unspecified atom stereocenters. The zero-order valence-corrected chi connectivity index (χ0v) is 40.2. The summed E-state index contributed by atoms with van der Waals surface area (Å²) in [4.78, 5) is 37.9. The van der Waals surface area contributed by atoms with E-state index in [4.69, 9.17) is 14.2 Å². The van der Waals surface area contributed by atoms with Crippen molar-refractivity contribution in [2.45, 2.75) is 258 Å². The number of hydrogen-bond acceptors (Lipinski definition) is 6. The zero-order valence-electron chi connectivity index (χ0n) is 40.2. The van der Waals surface area contributed by atoms with Crippen molar-refractivity contribution in [3.8, 4) is 0 Å². The maximum absolute atomic E-state index is 12.8. The molecule has 0 aliphatic carbocycles. The zero-order chi connectivity index (χ0) is 44.4. The van der Waals surface area contributed by atoms with Crippen molar-refractivity contribution < 1.29 is 28.6 Å². The highest BCUT2D eigenvalue weighted by atomic mass is 16.6. The summed E-state index contributed by atoms with van der Waals surface area (Å²) in [5.41, 5.74) is 0. The number of esters is 3. The van der Waals surface area contributed by atoms with Crippen molar-refractivity contribution in [2.75, 3.05) is 13.2 Å². The predicted molar refractivity (Wildman–Crippen MR) is 261 cm³/mol. The Labute approximate surface area is 377 Å². The molecule has 0 amide bonds. The van der Waals surface area contributed by atoms with Crippen LogP contribution < -0.4 is 0 Å². The largest absolute Gasteiger partial charge is 0.462 e. The molecule has 0 N–H and O–H groups in total. The first-order valence-corrected chi connectivity index (χ1v) is 25.8. The molecule has 0 saturated carbocycles. The summed E-state index contributed by atoms with van der Waals surface area (Å²) < 4.78 is 16.8. The van der Waals surface area contributed by atoms with E-state index in [1.165, 1.54) is 116 Å². The summed E-state index contributed by atoms with van der Waals surface area (Å²) >= 11 is 0. The quantitative estimate of drug-likeness (QED) is 0.0263. The fourth-order valence-corrected chi connectivity index (χ4v) is 7.03. The molecule has 61 heavy (non-hydrogen) atoms. The van der Waals surface area contributed by atoms with Crippen LogP contribution in [0.3, 0.4) is 0 Å². The van der Waals surface area contributed by atoms with Crippen LogP contribution in [-0.2, 0) is 28.6 Å². The number of carbonyl (C=O) groups is 3. The molecule has 0 radical (unpaired) electrons. The molecule has 0 spiro atoms. The Morgan fingerprint density at radius 1 is 0.328 bits per heavy atom. The normalized spacial score (nSPS) is 12.5. The third-order valence-electron chi connectivity index (χ3n) is 11.0. The Hall–Kier alpha value is -2.89. The van der Waals surface area contributed by atoms with Gasteiger partial charge in [-0.3, -0.25) is 14.4 Å². The van der Waals surface area contributed by atoms with Gasteiger partial charge in [-0.2, -0.15) is 0 Å². The van der Waals surface area contributed by atoms with Gasteiger partial charge in [-0.15, -0.1) is 0 Å². The average molecular weight is 853 g/mol. The summed E-state index contributed by atoms with van der Waals surface area (Å²) in [6, 6.07) is 0. The number of hydrogen-bond donors (Lipinski definition) is 0. The van der Waals surface area contributed by atoms with Gasteiger partial charge in [0.05, 0.1) is 0 Å². The number of ether oxygens (including phenoxy) is 3. The maximum atomic E-state index is 12.8. The van der Waals surface area contributed by atoms with Crippen molar-refractivity contribution in [1.29, 1.82) is 0 Å². The van der Waals surface area contributed by atoms with E-state index in [1.54, 1.807) is 0 Å². The number of allylic oxidation sites excluding steroid dienone is 10. The van der Waals surface area contributed by atoms with E-state index in [1.807, 2.05) is 0 Å². The van der Waals surface area contributed by atoms with Crippen molar-refractivity contribution in [2.24, 2.45) is 0 Å². The lowest BCUT2D eigenvalue weighted by atomic mass is 10.1. The minimum atomic E-state index is -0.785. The topological polar surface area (TPSA) is 78.9 Å². The van der Waals surface area contributed by atoms with Crippen LogP contribution in [0.5, 0.6) is 0 Å². The molecule has 0 aromatic rings. The monoisotopic (exact) mass is 853 g/mol.